The predicted octanol–water partition coefficient (Wildman–Crippen LogP) is 3.13. The average molecular weight is 267 g/mol. The fourth-order valence-electron chi connectivity index (χ4n) is 2.27. The zero-order chi connectivity index (χ0) is 14.2. The number of amides is 1. The van der Waals surface area contributed by atoms with Crippen LogP contribution in [0.15, 0.2) is 42.7 Å². The molecule has 1 fully saturated rings. The van der Waals surface area contributed by atoms with Crippen molar-refractivity contribution in [1.29, 1.82) is 0 Å². The molecule has 0 saturated heterocycles. The SMILES string of the molecule is CC1(C)CC1C(=O)Nc1cnc(-c2ccccc2)nc1. The van der Waals surface area contributed by atoms with Gasteiger partial charge in [-0.25, -0.2) is 9.97 Å². The second-order valence-corrected chi connectivity index (χ2v) is 5.90. The van der Waals surface area contributed by atoms with E-state index in [9.17, 15) is 4.79 Å². The molecule has 0 aliphatic heterocycles. The summed E-state index contributed by atoms with van der Waals surface area (Å²) in [5, 5.41) is 2.87. The summed E-state index contributed by atoms with van der Waals surface area (Å²) >= 11 is 0. The van der Waals surface area contributed by atoms with Crippen molar-refractivity contribution in [3.05, 3.63) is 42.7 Å². The molecule has 4 heteroatoms. The minimum absolute atomic E-state index is 0.0612. The van der Waals surface area contributed by atoms with Crippen LogP contribution >= 0.6 is 0 Å². The molecule has 1 unspecified atom stereocenters. The van der Waals surface area contributed by atoms with E-state index in [-0.39, 0.29) is 17.2 Å². The van der Waals surface area contributed by atoms with E-state index in [1.165, 1.54) is 0 Å². The Labute approximate surface area is 118 Å². The zero-order valence-corrected chi connectivity index (χ0v) is 11.6. The Balaban J connectivity index is 1.69. The number of hydrogen-bond acceptors (Lipinski definition) is 3. The third kappa shape index (κ3) is 2.54. The van der Waals surface area contributed by atoms with Gasteiger partial charge in [-0.05, 0) is 11.8 Å². The van der Waals surface area contributed by atoms with Crippen molar-refractivity contribution in [3.63, 3.8) is 0 Å². The molecule has 20 heavy (non-hydrogen) atoms. The van der Waals surface area contributed by atoms with E-state index in [4.69, 9.17) is 0 Å². The molecule has 4 nitrogen and oxygen atoms in total. The van der Waals surface area contributed by atoms with Gasteiger partial charge in [-0.15, -0.1) is 0 Å². The number of benzene rings is 1. The molecular weight excluding hydrogens is 250 g/mol. The first kappa shape index (κ1) is 12.8. The quantitative estimate of drug-likeness (QED) is 0.929. The van der Waals surface area contributed by atoms with Crippen LogP contribution in [0, 0.1) is 11.3 Å². The van der Waals surface area contributed by atoms with Crippen LogP contribution in [0.4, 0.5) is 5.69 Å². The van der Waals surface area contributed by atoms with Gasteiger partial charge in [-0.3, -0.25) is 4.79 Å². The van der Waals surface area contributed by atoms with Gasteiger partial charge in [0.05, 0.1) is 18.1 Å². The Morgan fingerprint density at radius 3 is 2.35 bits per heavy atom. The van der Waals surface area contributed by atoms with E-state index < -0.39 is 0 Å². The largest absolute Gasteiger partial charge is 0.323 e. The van der Waals surface area contributed by atoms with E-state index >= 15 is 0 Å². The Kier molecular flexibility index (Phi) is 3.01. The molecule has 0 spiro atoms. The van der Waals surface area contributed by atoms with Crippen molar-refractivity contribution in [3.8, 4) is 11.4 Å². The normalized spacial score (nSPS) is 19.4. The van der Waals surface area contributed by atoms with Crippen LogP contribution < -0.4 is 5.32 Å². The van der Waals surface area contributed by atoms with Crippen molar-refractivity contribution >= 4 is 11.6 Å². The van der Waals surface area contributed by atoms with Crippen molar-refractivity contribution in [1.82, 2.24) is 9.97 Å². The number of carbonyl (C=O) groups excluding carboxylic acids is 1. The van der Waals surface area contributed by atoms with Gasteiger partial charge in [0.15, 0.2) is 5.82 Å². The molecule has 102 valence electrons. The molecule has 1 amide bonds. The molecule has 2 aromatic rings. The smallest absolute Gasteiger partial charge is 0.228 e. The van der Waals surface area contributed by atoms with Gasteiger partial charge in [-0.1, -0.05) is 44.2 Å². The van der Waals surface area contributed by atoms with Gasteiger partial charge >= 0.3 is 0 Å². The summed E-state index contributed by atoms with van der Waals surface area (Å²) in [7, 11) is 0. The monoisotopic (exact) mass is 267 g/mol. The summed E-state index contributed by atoms with van der Waals surface area (Å²) in [4.78, 5) is 20.6. The average Bonchev–Trinajstić information content (AvgIpc) is 3.10. The predicted molar refractivity (Wildman–Crippen MR) is 78.0 cm³/mol. The van der Waals surface area contributed by atoms with Gasteiger partial charge in [0.1, 0.15) is 0 Å². The summed E-state index contributed by atoms with van der Waals surface area (Å²) in [6, 6.07) is 9.77. The van der Waals surface area contributed by atoms with Gasteiger partial charge < -0.3 is 5.32 Å². The van der Waals surface area contributed by atoms with Crippen molar-refractivity contribution in [2.75, 3.05) is 5.32 Å². The molecule has 1 aliphatic rings. The van der Waals surface area contributed by atoms with Crippen LogP contribution in [0.2, 0.25) is 0 Å². The molecule has 1 aliphatic carbocycles. The first-order valence-corrected chi connectivity index (χ1v) is 6.74. The summed E-state index contributed by atoms with van der Waals surface area (Å²) in [5.74, 6) is 0.831. The summed E-state index contributed by atoms with van der Waals surface area (Å²) in [6.45, 7) is 4.21. The molecule has 0 radical (unpaired) electrons. The van der Waals surface area contributed by atoms with Crippen molar-refractivity contribution < 1.29 is 4.79 Å². The molecule has 3 rings (SSSR count). The minimum Gasteiger partial charge on any atom is -0.323 e. The highest BCUT2D eigenvalue weighted by molar-refractivity contribution is 5.94. The fourth-order valence-corrected chi connectivity index (χ4v) is 2.27. The summed E-state index contributed by atoms with van der Waals surface area (Å²) in [5.41, 5.74) is 1.75. The highest BCUT2D eigenvalue weighted by atomic mass is 16.2. The number of rotatable bonds is 3. The molecule has 1 N–H and O–H groups in total. The maximum Gasteiger partial charge on any atom is 0.228 e. The van der Waals surface area contributed by atoms with Gasteiger partial charge in [0, 0.05) is 11.5 Å². The Morgan fingerprint density at radius 2 is 1.80 bits per heavy atom. The van der Waals surface area contributed by atoms with Gasteiger partial charge in [-0.2, -0.15) is 0 Å². The fraction of sp³-hybridized carbons (Fsp3) is 0.312. The summed E-state index contributed by atoms with van der Waals surface area (Å²) in [6.07, 6.45) is 4.26. The lowest BCUT2D eigenvalue weighted by molar-refractivity contribution is -0.118. The Hall–Kier alpha value is -2.23. The Morgan fingerprint density at radius 1 is 1.20 bits per heavy atom. The minimum atomic E-state index is 0.0612. The van der Waals surface area contributed by atoms with Crippen LogP contribution in [0.1, 0.15) is 20.3 Å². The number of anilines is 1. The van der Waals surface area contributed by atoms with E-state index in [2.05, 4.69) is 29.1 Å². The highest BCUT2D eigenvalue weighted by Gasteiger charge is 2.50. The lowest BCUT2D eigenvalue weighted by Crippen LogP contribution is -2.16. The Bertz CT molecular complexity index is 620. The summed E-state index contributed by atoms with van der Waals surface area (Å²) < 4.78 is 0. The second-order valence-electron chi connectivity index (χ2n) is 5.90. The van der Waals surface area contributed by atoms with Gasteiger partial charge in [0.25, 0.3) is 0 Å². The van der Waals surface area contributed by atoms with Crippen LogP contribution in [-0.4, -0.2) is 15.9 Å². The van der Waals surface area contributed by atoms with Crippen molar-refractivity contribution in [2.45, 2.75) is 20.3 Å². The number of aromatic nitrogens is 2. The van der Waals surface area contributed by atoms with Crippen LogP contribution in [0.25, 0.3) is 11.4 Å². The molecule has 1 atom stereocenters. The van der Waals surface area contributed by atoms with E-state index in [1.54, 1.807) is 12.4 Å². The molecule has 1 aromatic heterocycles. The van der Waals surface area contributed by atoms with Crippen molar-refractivity contribution in [2.24, 2.45) is 11.3 Å². The number of carbonyl (C=O) groups is 1. The topological polar surface area (TPSA) is 54.9 Å². The maximum atomic E-state index is 12.0. The van der Waals surface area contributed by atoms with E-state index in [1.807, 2.05) is 30.3 Å². The van der Waals surface area contributed by atoms with Gasteiger partial charge in [0.2, 0.25) is 5.91 Å². The molecule has 1 saturated carbocycles. The number of nitrogens with one attached hydrogen (secondary N) is 1. The lowest BCUT2D eigenvalue weighted by Gasteiger charge is -2.06. The third-order valence-corrected chi connectivity index (χ3v) is 3.78. The van der Waals surface area contributed by atoms with E-state index in [0.29, 0.717) is 11.5 Å². The zero-order valence-electron chi connectivity index (χ0n) is 11.6. The number of nitrogens with zero attached hydrogens (tertiary/aromatic N) is 2. The number of hydrogen-bond donors (Lipinski definition) is 1. The first-order chi connectivity index (χ1) is 9.56. The molecule has 1 aromatic carbocycles. The van der Waals surface area contributed by atoms with Crippen LogP contribution in [-0.2, 0) is 4.79 Å². The molecule has 0 bridgehead atoms. The van der Waals surface area contributed by atoms with Crippen LogP contribution in [0.3, 0.4) is 0 Å². The third-order valence-electron chi connectivity index (χ3n) is 3.78. The van der Waals surface area contributed by atoms with E-state index in [0.717, 1.165) is 12.0 Å². The van der Waals surface area contributed by atoms with Crippen LogP contribution in [0.5, 0.6) is 0 Å². The molecule has 1 heterocycles. The maximum absolute atomic E-state index is 12.0. The lowest BCUT2D eigenvalue weighted by atomic mass is 10.1. The first-order valence-electron chi connectivity index (χ1n) is 6.74. The standard InChI is InChI=1S/C16H17N3O/c1-16(2)8-13(16)15(20)19-12-9-17-14(18-10-12)11-6-4-3-5-7-11/h3-7,9-10,13H,8H2,1-2H3,(H,19,20). The molecular formula is C16H17N3O. The highest BCUT2D eigenvalue weighted by Crippen LogP contribution is 2.51. The second kappa shape index (κ2) is 4.71.